The van der Waals surface area contributed by atoms with Crippen molar-refractivity contribution in [2.24, 2.45) is 0 Å². The number of para-hydroxylation sites is 1. The Bertz CT molecular complexity index is 628. The van der Waals surface area contributed by atoms with Crippen molar-refractivity contribution in [2.75, 3.05) is 32.8 Å². The lowest BCUT2D eigenvalue weighted by atomic mass is 10.3. The van der Waals surface area contributed by atoms with Crippen molar-refractivity contribution >= 4 is 11.0 Å². The van der Waals surface area contributed by atoms with E-state index in [1.807, 2.05) is 0 Å². The molecule has 0 aliphatic carbocycles. The highest BCUT2D eigenvalue weighted by Crippen LogP contribution is 2.13. The number of hydrogen-bond donors (Lipinski definition) is 1. The topological polar surface area (TPSA) is 50.3 Å². The van der Waals surface area contributed by atoms with Gasteiger partial charge in [0.15, 0.2) is 0 Å². The zero-order valence-corrected chi connectivity index (χ0v) is 10.6. The molecule has 0 radical (unpaired) electrons. The molecule has 0 spiro atoms. The quantitative estimate of drug-likeness (QED) is 0.893. The predicted molar refractivity (Wildman–Crippen MR) is 69.8 cm³/mol. The maximum atomic E-state index is 13.6. The van der Waals surface area contributed by atoms with Gasteiger partial charge in [0, 0.05) is 26.2 Å². The van der Waals surface area contributed by atoms with E-state index in [4.69, 9.17) is 4.74 Å². The zero-order valence-electron chi connectivity index (χ0n) is 10.6. The molecule has 0 saturated carbocycles. The van der Waals surface area contributed by atoms with Crippen LogP contribution in [0.15, 0.2) is 23.0 Å². The SMILES string of the molecule is O=c1[nH]c2c(F)cccc2n1CCN1CCOCC1. The summed E-state index contributed by atoms with van der Waals surface area (Å²) < 4.78 is 20.4. The summed E-state index contributed by atoms with van der Waals surface area (Å²) in [5.74, 6) is -0.389. The molecule has 1 aromatic carbocycles. The van der Waals surface area contributed by atoms with Crippen LogP contribution in [0.1, 0.15) is 0 Å². The van der Waals surface area contributed by atoms with Crippen molar-refractivity contribution in [3.8, 4) is 0 Å². The average molecular weight is 265 g/mol. The molecule has 0 amide bonds. The first-order valence-corrected chi connectivity index (χ1v) is 6.43. The highest BCUT2D eigenvalue weighted by molar-refractivity contribution is 5.75. The summed E-state index contributed by atoms with van der Waals surface area (Å²) in [4.78, 5) is 16.7. The lowest BCUT2D eigenvalue weighted by Gasteiger charge is -2.26. The molecular formula is C13H16FN3O2. The first kappa shape index (κ1) is 12.4. The fourth-order valence-electron chi connectivity index (χ4n) is 2.43. The molecule has 1 fully saturated rings. The number of ether oxygens (including phenoxy) is 1. The van der Waals surface area contributed by atoms with Gasteiger partial charge in [-0.15, -0.1) is 0 Å². The Balaban J connectivity index is 1.82. The number of hydrogen-bond acceptors (Lipinski definition) is 3. The fraction of sp³-hybridized carbons (Fsp3) is 0.462. The van der Waals surface area contributed by atoms with E-state index < -0.39 is 0 Å². The normalized spacial score (nSPS) is 17.1. The van der Waals surface area contributed by atoms with Crippen molar-refractivity contribution in [3.63, 3.8) is 0 Å². The molecule has 5 nitrogen and oxygen atoms in total. The van der Waals surface area contributed by atoms with Crippen LogP contribution in [-0.4, -0.2) is 47.3 Å². The number of fused-ring (bicyclic) bond motifs is 1. The third-order valence-corrected chi connectivity index (χ3v) is 3.50. The van der Waals surface area contributed by atoms with E-state index in [0.717, 1.165) is 32.8 Å². The molecule has 102 valence electrons. The predicted octanol–water partition coefficient (Wildman–Crippen LogP) is 0.801. The van der Waals surface area contributed by atoms with E-state index in [-0.39, 0.29) is 17.0 Å². The maximum absolute atomic E-state index is 13.6. The molecule has 1 aliphatic rings. The summed E-state index contributed by atoms with van der Waals surface area (Å²) in [6.45, 7) is 4.56. The first-order valence-electron chi connectivity index (χ1n) is 6.43. The second-order valence-corrected chi connectivity index (χ2v) is 4.67. The van der Waals surface area contributed by atoms with Crippen LogP contribution in [0.2, 0.25) is 0 Å². The fourth-order valence-corrected chi connectivity index (χ4v) is 2.43. The lowest BCUT2D eigenvalue weighted by molar-refractivity contribution is 0.0364. The highest BCUT2D eigenvalue weighted by atomic mass is 19.1. The van der Waals surface area contributed by atoms with E-state index in [9.17, 15) is 9.18 Å². The molecule has 0 atom stereocenters. The molecule has 2 heterocycles. The number of aromatic amines is 1. The van der Waals surface area contributed by atoms with Crippen LogP contribution >= 0.6 is 0 Å². The zero-order chi connectivity index (χ0) is 13.2. The number of rotatable bonds is 3. The Morgan fingerprint density at radius 3 is 2.84 bits per heavy atom. The van der Waals surface area contributed by atoms with E-state index >= 15 is 0 Å². The molecule has 2 aromatic rings. The summed E-state index contributed by atoms with van der Waals surface area (Å²) >= 11 is 0. The Labute approximate surface area is 109 Å². The largest absolute Gasteiger partial charge is 0.379 e. The Morgan fingerprint density at radius 2 is 2.05 bits per heavy atom. The molecule has 0 bridgehead atoms. The molecule has 6 heteroatoms. The third kappa shape index (κ3) is 2.41. The van der Waals surface area contributed by atoms with Crippen LogP contribution in [-0.2, 0) is 11.3 Å². The number of imidazole rings is 1. The van der Waals surface area contributed by atoms with Crippen LogP contribution in [0.3, 0.4) is 0 Å². The molecule has 1 saturated heterocycles. The molecule has 1 aliphatic heterocycles. The summed E-state index contributed by atoms with van der Waals surface area (Å²) in [5.41, 5.74) is 0.654. The van der Waals surface area contributed by atoms with Crippen molar-refractivity contribution in [2.45, 2.75) is 6.54 Å². The number of nitrogens with one attached hydrogen (secondary N) is 1. The third-order valence-electron chi connectivity index (χ3n) is 3.50. The van der Waals surface area contributed by atoms with Gasteiger partial charge in [0.2, 0.25) is 0 Å². The van der Waals surface area contributed by atoms with Crippen LogP contribution < -0.4 is 5.69 Å². The van der Waals surface area contributed by atoms with Crippen LogP contribution in [0.25, 0.3) is 11.0 Å². The van der Waals surface area contributed by atoms with Gasteiger partial charge in [-0.3, -0.25) is 9.47 Å². The Hall–Kier alpha value is -1.66. The van der Waals surface area contributed by atoms with Crippen molar-refractivity contribution in [3.05, 3.63) is 34.5 Å². The van der Waals surface area contributed by atoms with E-state index in [1.165, 1.54) is 6.07 Å². The Kier molecular flexibility index (Phi) is 3.35. The minimum atomic E-state index is -0.389. The van der Waals surface area contributed by atoms with Gasteiger partial charge in [0.1, 0.15) is 11.3 Å². The summed E-state index contributed by atoms with van der Waals surface area (Å²) in [6.07, 6.45) is 0. The smallest absolute Gasteiger partial charge is 0.326 e. The van der Waals surface area contributed by atoms with Gasteiger partial charge < -0.3 is 9.72 Å². The van der Waals surface area contributed by atoms with E-state index in [1.54, 1.807) is 16.7 Å². The minimum absolute atomic E-state index is 0.256. The van der Waals surface area contributed by atoms with Gasteiger partial charge in [-0.25, -0.2) is 9.18 Å². The molecular weight excluding hydrogens is 249 g/mol. The molecule has 1 aromatic heterocycles. The molecule has 1 N–H and O–H groups in total. The van der Waals surface area contributed by atoms with Crippen LogP contribution in [0.4, 0.5) is 4.39 Å². The monoisotopic (exact) mass is 265 g/mol. The van der Waals surface area contributed by atoms with E-state index in [2.05, 4.69) is 9.88 Å². The standard InChI is InChI=1S/C13H16FN3O2/c14-10-2-1-3-11-12(10)15-13(18)17(11)5-4-16-6-8-19-9-7-16/h1-3H,4-9H2,(H,15,18). The highest BCUT2D eigenvalue weighted by Gasteiger charge is 2.13. The average Bonchev–Trinajstić information content (AvgIpc) is 2.75. The molecule has 0 unspecified atom stereocenters. The second kappa shape index (κ2) is 5.14. The van der Waals surface area contributed by atoms with Crippen molar-refractivity contribution in [1.29, 1.82) is 0 Å². The second-order valence-electron chi connectivity index (χ2n) is 4.67. The molecule has 3 rings (SSSR count). The number of benzene rings is 1. The van der Waals surface area contributed by atoms with Gasteiger partial charge in [-0.1, -0.05) is 6.07 Å². The Morgan fingerprint density at radius 1 is 1.26 bits per heavy atom. The van der Waals surface area contributed by atoms with Crippen LogP contribution in [0, 0.1) is 5.82 Å². The number of H-pyrrole nitrogens is 1. The maximum Gasteiger partial charge on any atom is 0.326 e. The van der Waals surface area contributed by atoms with Crippen LogP contribution in [0.5, 0.6) is 0 Å². The summed E-state index contributed by atoms with van der Waals surface area (Å²) in [7, 11) is 0. The van der Waals surface area contributed by atoms with Gasteiger partial charge >= 0.3 is 5.69 Å². The van der Waals surface area contributed by atoms with Gasteiger partial charge in [-0.05, 0) is 12.1 Å². The number of aromatic nitrogens is 2. The van der Waals surface area contributed by atoms with Crippen molar-refractivity contribution < 1.29 is 9.13 Å². The minimum Gasteiger partial charge on any atom is -0.379 e. The van der Waals surface area contributed by atoms with Gasteiger partial charge in [0.25, 0.3) is 0 Å². The number of morpholine rings is 1. The molecule has 19 heavy (non-hydrogen) atoms. The van der Waals surface area contributed by atoms with Gasteiger partial charge in [0.05, 0.1) is 18.7 Å². The lowest BCUT2D eigenvalue weighted by Crippen LogP contribution is -2.39. The van der Waals surface area contributed by atoms with Gasteiger partial charge in [-0.2, -0.15) is 0 Å². The van der Waals surface area contributed by atoms with Crippen molar-refractivity contribution in [1.82, 2.24) is 14.5 Å². The number of halogens is 1. The number of nitrogens with zero attached hydrogens (tertiary/aromatic N) is 2. The summed E-state index contributed by atoms with van der Waals surface area (Å²) in [6, 6.07) is 4.73. The summed E-state index contributed by atoms with van der Waals surface area (Å²) in [5, 5.41) is 0. The van der Waals surface area contributed by atoms with E-state index in [0.29, 0.717) is 12.1 Å². The first-order chi connectivity index (χ1) is 9.25.